The highest BCUT2D eigenvalue weighted by Gasteiger charge is 2.34. The highest BCUT2D eigenvalue weighted by atomic mass is 32.2. The Morgan fingerprint density at radius 3 is 2.58 bits per heavy atom. The van der Waals surface area contributed by atoms with E-state index >= 15 is 0 Å². The van der Waals surface area contributed by atoms with Crippen molar-refractivity contribution in [2.45, 2.75) is 29.9 Å². The number of benzene rings is 2. The number of carboxylic acids is 1. The molecule has 2 amide bonds. The first-order valence-corrected chi connectivity index (χ1v) is 13.4. The molecule has 38 heavy (non-hydrogen) atoms. The van der Waals surface area contributed by atoms with Crippen molar-refractivity contribution in [2.24, 2.45) is 11.8 Å². The first kappa shape index (κ1) is 27.0. The summed E-state index contributed by atoms with van der Waals surface area (Å²) in [5, 5.41) is 27.6. The van der Waals surface area contributed by atoms with Crippen LogP contribution in [-0.4, -0.2) is 38.0 Å². The van der Waals surface area contributed by atoms with Gasteiger partial charge in [-0.25, -0.2) is 4.98 Å². The number of anilines is 2. The Kier molecular flexibility index (Phi) is 8.54. The number of nitrogens with one attached hydrogen (secondary N) is 2. The van der Waals surface area contributed by atoms with Gasteiger partial charge in [-0.3, -0.25) is 24.5 Å². The molecule has 1 aliphatic rings. The van der Waals surface area contributed by atoms with Gasteiger partial charge in [-0.1, -0.05) is 30.4 Å². The zero-order valence-corrected chi connectivity index (χ0v) is 21.8. The molecule has 0 saturated carbocycles. The van der Waals surface area contributed by atoms with Crippen molar-refractivity contribution in [1.29, 1.82) is 0 Å². The maximum atomic E-state index is 12.8. The standard InChI is InChI=1S/C26H24N4O6S2/c1-15(23(31)29-26-28-22(14-37-26)16-6-4-8-18(12-16)30(35)36)38-19-9-5-7-17(13-19)27-24(32)20-10-2-3-11-21(20)25(33)34/h2-9,12-15,20-21H,10-11H2,1H3,(H,27,32)(H,33,34)(H,28,29,31). The molecule has 196 valence electrons. The van der Waals surface area contributed by atoms with E-state index in [4.69, 9.17) is 0 Å². The molecule has 0 radical (unpaired) electrons. The van der Waals surface area contributed by atoms with Crippen LogP contribution in [-0.2, 0) is 14.4 Å². The molecular formula is C26H24N4O6S2. The number of aliphatic carboxylic acids is 1. The number of carbonyl (C=O) groups excluding carboxylic acids is 2. The van der Waals surface area contributed by atoms with E-state index in [-0.39, 0.29) is 17.5 Å². The largest absolute Gasteiger partial charge is 0.481 e. The Hall–Kier alpha value is -4.03. The molecule has 3 unspecified atom stereocenters. The fourth-order valence-corrected chi connectivity index (χ4v) is 5.62. The maximum absolute atomic E-state index is 12.8. The summed E-state index contributed by atoms with van der Waals surface area (Å²) in [6.07, 6.45) is 4.30. The number of aromatic nitrogens is 1. The highest BCUT2D eigenvalue weighted by Crippen LogP contribution is 2.31. The van der Waals surface area contributed by atoms with E-state index in [9.17, 15) is 29.6 Å². The quantitative estimate of drug-likeness (QED) is 0.137. The second kappa shape index (κ2) is 12.0. The first-order chi connectivity index (χ1) is 18.2. The molecule has 3 atom stereocenters. The topological polar surface area (TPSA) is 152 Å². The predicted octanol–water partition coefficient (Wildman–Crippen LogP) is 5.44. The number of nitrogens with zero attached hydrogens (tertiary/aromatic N) is 2. The van der Waals surface area contributed by atoms with E-state index in [0.29, 0.717) is 34.9 Å². The van der Waals surface area contributed by atoms with Crippen molar-refractivity contribution in [3.63, 3.8) is 0 Å². The number of amides is 2. The second-order valence-electron chi connectivity index (χ2n) is 8.61. The van der Waals surface area contributed by atoms with Gasteiger partial charge < -0.3 is 15.7 Å². The van der Waals surface area contributed by atoms with Crippen LogP contribution in [0.3, 0.4) is 0 Å². The normalized spacial score (nSPS) is 17.4. The van der Waals surface area contributed by atoms with Crippen molar-refractivity contribution < 1.29 is 24.4 Å². The molecule has 2 aromatic carbocycles. The SMILES string of the molecule is CC(Sc1cccc(NC(=O)C2CC=CCC2C(=O)O)c1)C(=O)Nc1nc(-c2cccc([N+](=O)[O-])c2)cs1. The predicted molar refractivity (Wildman–Crippen MR) is 146 cm³/mol. The fraction of sp³-hybridized carbons (Fsp3) is 0.231. The smallest absolute Gasteiger partial charge is 0.307 e. The van der Waals surface area contributed by atoms with E-state index in [1.54, 1.807) is 48.7 Å². The number of nitro groups is 1. The first-order valence-electron chi connectivity index (χ1n) is 11.7. The number of carboxylic acid groups (broad SMARTS) is 1. The van der Waals surface area contributed by atoms with Crippen LogP contribution in [0.15, 0.2) is 71.0 Å². The van der Waals surface area contributed by atoms with Gasteiger partial charge >= 0.3 is 5.97 Å². The molecule has 0 aliphatic heterocycles. The lowest BCUT2D eigenvalue weighted by molar-refractivity contribution is -0.384. The fourth-order valence-electron chi connectivity index (χ4n) is 3.97. The van der Waals surface area contributed by atoms with Crippen LogP contribution in [0.5, 0.6) is 0 Å². The summed E-state index contributed by atoms with van der Waals surface area (Å²) in [5.74, 6) is -3.02. The zero-order chi connectivity index (χ0) is 27.2. The van der Waals surface area contributed by atoms with Crippen molar-refractivity contribution >= 4 is 57.4 Å². The van der Waals surface area contributed by atoms with Gasteiger partial charge in [-0.2, -0.15) is 0 Å². The van der Waals surface area contributed by atoms with E-state index in [2.05, 4.69) is 15.6 Å². The number of carbonyl (C=O) groups is 3. The highest BCUT2D eigenvalue weighted by molar-refractivity contribution is 8.00. The van der Waals surface area contributed by atoms with Gasteiger partial charge in [0.15, 0.2) is 5.13 Å². The van der Waals surface area contributed by atoms with E-state index < -0.39 is 28.0 Å². The Labute approximate surface area is 226 Å². The average molecular weight is 553 g/mol. The minimum Gasteiger partial charge on any atom is -0.481 e. The Bertz CT molecular complexity index is 1410. The lowest BCUT2D eigenvalue weighted by Gasteiger charge is -2.24. The van der Waals surface area contributed by atoms with Gasteiger partial charge in [0.1, 0.15) is 0 Å². The minimum absolute atomic E-state index is 0.0400. The molecule has 0 bridgehead atoms. The molecule has 4 rings (SSSR count). The van der Waals surface area contributed by atoms with Gasteiger partial charge in [0.05, 0.1) is 27.7 Å². The lowest BCUT2D eigenvalue weighted by atomic mass is 9.82. The van der Waals surface area contributed by atoms with Crippen molar-refractivity contribution in [3.05, 3.63) is 76.2 Å². The molecule has 0 fully saturated rings. The number of nitro benzene ring substituents is 1. The van der Waals surface area contributed by atoms with E-state index in [1.165, 1.54) is 35.2 Å². The summed E-state index contributed by atoms with van der Waals surface area (Å²) in [6, 6.07) is 13.1. The van der Waals surface area contributed by atoms with Crippen LogP contribution in [0.4, 0.5) is 16.5 Å². The molecule has 0 spiro atoms. The monoisotopic (exact) mass is 552 g/mol. The van der Waals surface area contributed by atoms with E-state index in [0.717, 1.165) is 4.90 Å². The Morgan fingerprint density at radius 1 is 1.11 bits per heavy atom. The molecular weight excluding hydrogens is 528 g/mol. The molecule has 0 saturated heterocycles. The number of hydrogen-bond donors (Lipinski definition) is 3. The summed E-state index contributed by atoms with van der Waals surface area (Å²) >= 11 is 2.51. The number of allylic oxidation sites excluding steroid dienone is 2. The van der Waals surface area contributed by atoms with Gasteiger partial charge in [0, 0.05) is 33.7 Å². The number of hydrogen-bond acceptors (Lipinski definition) is 8. The summed E-state index contributed by atoms with van der Waals surface area (Å²) in [5.41, 5.74) is 1.59. The van der Waals surface area contributed by atoms with E-state index in [1.807, 2.05) is 12.1 Å². The molecule has 1 aromatic heterocycles. The molecule has 3 aromatic rings. The van der Waals surface area contributed by atoms with Crippen molar-refractivity contribution in [3.8, 4) is 11.3 Å². The third-order valence-electron chi connectivity index (χ3n) is 5.96. The second-order valence-corrected chi connectivity index (χ2v) is 10.9. The third-order valence-corrected chi connectivity index (χ3v) is 7.81. The van der Waals surface area contributed by atoms with Crippen molar-refractivity contribution in [2.75, 3.05) is 10.6 Å². The van der Waals surface area contributed by atoms with Gasteiger partial charge in [-0.15, -0.1) is 23.1 Å². The summed E-state index contributed by atoms with van der Waals surface area (Å²) in [6.45, 7) is 1.74. The van der Waals surface area contributed by atoms with Crippen LogP contribution in [0.2, 0.25) is 0 Å². The molecule has 10 nitrogen and oxygen atoms in total. The maximum Gasteiger partial charge on any atom is 0.307 e. The molecule has 1 aliphatic carbocycles. The Morgan fingerprint density at radius 2 is 1.84 bits per heavy atom. The summed E-state index contributed by atoms with van der Waals surface area (Å²) < 4.78 is 0. The molecule has 1 heterocycles. The number of thioether (sulfide) groups is 1. The number of non-ortho nitro benzene ring substituents is 1. The minimum atomic E-state index is -0.990. The Balaban J connectivity index is 1.36. The van der Waals surface area contributed by atoms with Crippen LogP contribution in [0.25, 0.3) is 11.3 Å². The van der Waals surface area contributed by atoms with Gasteiger partial charge in [0.25, 0.3) is 5.69 Å². The number of thiazole rings is 1. The van der Waals surface area contributed by atoms with Crippen LogP contribution in [0.1, 0.15) is 19.8 Å². The van der Waals surface area contributed by atoms with Crippen LogP contribution in [0, 0.1) is 22.0 Å². The molecule has 3 N–H and O–H groups in total. The molecule has 12 heteroatoms. The van der Waals surface area contributed by atoms with Gasteiger partial charge in [-0.05, 0) is 38.0 Å². The van der Waals surface area contributed by atoms with Gasteiger partial charge in [0.2, 0.25) is 11.8 Å². The third kappa shape index (κ3) is 6.64. The van der Waals surface area contributed by atoms with Crippen LogP contribution < -0.4 is 10.6 Å². The van der Waals surface area contributed by atoms with Crippen LogP contribution >= 0.6 is 23.1 Å². The summed E-state index contributed by atoms with van der Waals surface area (Å²) in [4.78, 5) is 52.8. The van der Waals surface area contributed by atoms with Crippen molar-refractivity contribution in [1.82, 2.24) is 4.98 Å². The average Bonchev–Trinajstić information content (AvgIpc) is 3.37. The number of rotatable bonds is 9. The lowest BCUT2D eigenvalue weighted by Crippen LogP contribution is -2.34. The zero-order valence-electron chi connectivity index (χ0n) is 20.2. The summed E-state index contributed by atoms with van der Waals surface area (Å²) in [7, 11) is 0.